The van der Waals surface area contributed by atoms with Crippen molar-refractivity contribution < 1.29 is 19.1 Å². The molecule has 6 nitrogen and oxygen atoms in total. The Morgan fingerprint density at radius 2 is 1.52 bits per heavy atom. The second-order valence-electron chi connectivity index (χ2n) is 9.11. The van der Waals surface area contributed by atoms with Crippen LogP contribution < -0.4 is 10.6 Å². The summed E-state index contributed by atoms with van der Waals surface area (Å²) in [6.45, 7) is 3.54. The Morgan fingerprint density at radius 1 is 0.963 bits per heavy atom. The maximum atomic E-state index is 12.4. The number of nitrogens with one attached hydrogen (secondary N) is 2. The summed E-state index contributed by atoms with van der Waals surface area (Å²) in [6, 6.07) is 0.108. The Morgan fingerprint density at radius 3 is 2.04 bits per heavy atom. The van der Waals surface area contributed by atoms with Gasteiger partial charge in [-0.15, -0.1) is 0 Å². The predicted molar refractivity (Wildman–Crippen MR) is 102 cm³/mol. The Hall–Kier alpha value is -1.59. The standard InChI is InChI=1S/C21H34N2O4/c1-3-17(4-2)23-19(25)13-27-20(26)12-22-18(24)11-21-8-14-5-15(9-21)7-16(6-14)10-21/h14-17H,3-13H2,1-2H3,(H,22,24)(H,23,25). The van der Waals surface area contributed by atoms with Gasteiger partial charge in [0.15, 0.2) is 6.61 Å². The van der Waals surface area contributed by atoms with Crippen LogP contribution in [0.1, 0.15) is 71.6 Å². The SMILES string of the molecule is CCC(CC)NC(=O)COC(=O)CNC(=O)CC12CC3CC(CC(C3)C1)C2. The first-order valence-corrected chi connectivity index (χ1v) is 10.6. The molecule has 0 radical (unpaired) electrons. The van der Waals surface area contributed by atoms with Gasteiger partial charge in [-0.2, -0.15) is 0 Å². The van der Waals surface area contributed by atoms with E-state index in [2.05, 4.69) is 10.6 Å². The van der Waals surface area contributed by atoms with E-state index in [4.69, 9.17) is 4.74 Å². The first-order valence-electron chi connectivity index (χ1n) is 10.6. The number of esters is 1. The fraction of sp³-hybridized carbons (Fsp3) is 0.857. The lowest BCUT2D eigenvalue weighted by molar-refractivity contribution is -0.149. The Labute approximate surface area is 162 Å². The molecule has 4 fully saturated rings. The van der Waals surface area contributed by atoms with Gasteiger partial charge in [0.1, 0.15) is 6.54 Å². The number of carbonyl (C=O) groups is 3. The lowest BCUT2D eigenvalue weighted by Crippen LogP contribution is -2.48. The molecule has 4 rings (SSSR count). The summed E-state index contributed by atoms with van der Waals surface area (Å²) < 4.78 is 4.97. The minimum atomic E-state index is -0.562. The van der Waals surface area contributed by atoms with Crippen molar-refractivity contribution in [2.45, 2.75) is 77.7 Å². The fourth-order valence-corrected chi connectivity index (χ4v) is 6.04. The molecule has 0 spiro atoms. The second-order valence-corrected chi connectivity index (χ2v) is 9.11. The topological polar surface area (TPSA) is 84.5 Å². The van der Waals surface area contributed by atoms with Gasteiger partial charge in [-0.25, -0.2) is 0 Å². The highest BCUT2D eigenvalue weighted by Crippen LogP contribution is 2.61. The van der Waals surface area contributed by atoms with Crippen molar-refractivity contribution in [1.29, 1.82) is 0 Å². The average molecular weight is 379 g/mol. The molecule has 0 aromatic heterocycles. The third-order valence-electron chi connectivity index (χ3n) is 6.85. The first-order chi connectivity index (χ1) is 12.9. The van der Waals surface area contributed by atoms with Crippen LogP contribution in [0, 0.1) is 23.2 Å². The highest BCUT2D eigenvalue weighted by Gasteiger charge is 2.51. The van der Waals surface area contributed by atoms with E-state index < -0.39 is 5.97 Å². The molecule has 0 aromatic rings. The second kappa shape index (κ2) is 8.61. The van der Waals surface area contributed by atoms with Gasteiger partial charge in [-0.1, -0.05) is 13.8 Å². The zero-order chi connectivity index (χ0) is 19.4. The van der Waals surface area contributed by atoms with Crippen LogP contribution in [-0.2, 0) is 19.1 Å². The van der Waals surface area contributed by atoms with Crippen molar-refractivity contribution in [1.82, 2.24) is 10.6 Å². The maximum absolute atomic E-state index is 12.4. The predicted octanol–water partition coefficient (Wildman–Crippen LogP) is 2.56. The van der Waals surface area contributed by atoms with Gasteiger partial charge in [-0.05, 0) is 74.5 Å². The third kappa shape index (κ3) is 5.23. The minimum Gasteiger partial charge on any atom is -0.454 e. The van der Waals surface area contributed by atoms with Crippen LogP contribution in [-0.4, -0.2) is 37.0 Å². The largest absolute Gasteiger partial charge is 0.454 e. The molecule has 0 saturated heterocycles. The van der Waals surface area contributed by atoms with Crippen LogP contribution in [0.5, 0.6) is 0 Å². The maximum Gasteiger partial charge on any atom is 0.325 e. The van der Waals surface area contributed by atoms with E-state index in [1.165, 1.54) is 38.5 Å². The van der Waals surface area contributed by atoms with Crippen LogP contribution in [0.25, 0.3) is 0 Å². The summed E-state index contributed by atoms with van der Waals surface area (Å²) >= 11 is 0. The molecule has 0 atom stereocenters. The van der Waals surface area contributed by atoms with Crippen molar-refractivity contribution >= 4 is 17.8 Å². The van der Waals surface area contributed by atoms with Crippen molar-refractivity contribution in [3.05, 3.63) is 0 Å². The van der Waals surface area contributed by atoms with Crippen LogP contribution in [0.2, 0.25) is 0 Å². The minimum absolute atomic E-state index is 0.0598. The van der Waals surface area contributed by atoms with Crippen LogP contribution in [0.15, 0.2) is 0 Å². The highest BCUT2D eigenvalue weighted by atomic mass is 16.5. The molecule has 4 aliphatic rings. The summed E-state index contributed by atoms with van der Waals surface area (Å²) in [6.07, 6.45) is 9.80. The number of hydrogen-bond acceptors (Lipinski definition) is 4. The summed E-state index contributed by atoms with van der Waals surface area (Å²) in [5, 5.41) is 5.52. The van der Waals surface area contributed by atoms with Gasteiger partial charge in [0.05, 0.1) is 0 Å². The summed E-state index contributed by atoms with van der Waals surface area (Å²) in [7, 11) is 0. The zero-order valence-electron chi connectivity index (χ0n) is 16.7. The molecule has 6 heteroatoms. The van der Waals surface area contributed by atoms with Gasteiger partial charge in [0.2, 0.25) is 5.91 Å². The highest BCUT2D eigenvalue weighted by molar-refractivity contribution is 5.84. The van der Waals surface area contributed by atoms with Crippen molar-refractivity contribution in [2.75, 3.05) is 13.2 Å². The van der Waals surface area contributed by atoms with Gasteiger partial charge < -0.3 is 15.4 Å². The van der Waals surface area contributed by atoms with E-state index in [0.717, 1.165) is 30.6 Å². The lowest BCUT2D eigenvalue weighted by atomic mass is 9.49. The normalized spacial score (nSPS) is 31.0. The van der Waals surface area contributed by atoms with Gasteiger partial charge in [0, 0.05) is 12.5 Å². The molecule has 0 unspecified atom stereocenters. The Bertz CT molecular complexity index is 535. The first kappa shape index (κ1) is 20.2. The van der Waals surface area contributed by atoms with E-state index >= 15 is 0 Å². The van der Waals surface area contributed by atoms with Crippen molar-refractivity contribution in [3.8, 4) is 0 Å². The number of rotatable bonds is 9. The molecule has 4 saturated carbocycles. The Balaban J connectivity index is 1.36. The smallest absolute Gasteiger partial charge is 0.325 e. The summed E-state index contributed by atoms with van der Waals surface area (Å²) in [4.78, 5) is 36.0. The van der Waals surface area contributed by atoms with E-state index in [0.29, 0.717) is 6.42 Å². The van der Waals surface area contributed by atoms with E-state index in [1.54, 1.807) is 0 Å². The van der Waals surface area contributed by atoms with Crippen LogP contribution in [0.4, 0.5) is 0 Å². The number of ether oxygens (including phenoxy) is 1. The van der Waals surface area contributed by atoms with Gasteiger partial charge in [0.25, 0.3) is 5.91 Å². The van der Waals surface area contributed by atoms with Crippen molar-refractivity contribution in [3.63, 3.8) is 0 Å². The van der Waals surface area contributed by atoms with Crippen molar-refractivity contribution in [2.24, 2.45) is 23.2 Å². The molecule has 2 N–H and O–H groups in total. The van der Waals surface area contributed by atoms with E-state index in [1.807, 2.05) is 13.8 Å². The number of carbonyl (C=O) groups excluding carboxylic acids is 3. The molecule has 0 heterocycles. The van der Waals surface area contributed by atoms with Gasteiger partial charge in [-0.3, -0.25) is 14.4 Å². The quantitative estimate of drug-likeness (QED) is 0.604. The fourth-order valence-electron chi connectivity index (χ4n) is 6.04. The molecule has 152 valence electrons. The molecule has 2 amide bonds. The Kier molecular flexibility index (Phi) is 6.43. The summed E-state index contributed by atoms with van der Waals surface area (Å²) in [5.74, 6) is 1.51. The van der Waals surface area contributed by atoms with E-state index in [-0.39, 0.29) is 36.4 Å². The summed E-state index contributed by atoms with van der Waals surface area (Å²) in [5.41, 5.74) is 0.165. The molecule has 4 bridgehead atoms. The lowest BCUT2D eigenvalue weighted by Gasteiger charge is -2.56. The average Bonchev–Trinajstić information content (AvgIpc) is 2.61. The molecule has 4 aliphatic carbocycles. The molecule has 27 heavy (non-hydrogen) atoms. The van der Waals surface area contributed by atoms with Crippen LogP contribution in [0.3, 0.4) is 0 Å². The number of amides is 2. The van der Waals surface area contributed by atoms with E-state index in [9.17, 15) is 14.4 Å². The molecule has 0 aliphatic heterocycles. The molecular weight excluding hydrogens is 344 g/mol. The third-order valence-corrected chi connectivity index (χ3v) is 6.85. The van der Waals surface area contributed by atoms with Gasteiger partial charge >= 0.3 is 5.97 Å². The molecule has 0 aromatic carbocycles. The zero-order valence-corrected chi connectivity index (χ0v) is 16.7. The monoisotopic (exact) mass is 378 g/mol. The molecular formula is C21H34N2O4. The number of hydrogen-bond donors (Lipinski definition) is 2. The van der Waals surface area contributed by atoms with Crippen LogP contribution >= 0.6 is 0 Å².